The molecule has 2 N–H and O–H groups in total. The number of hydrogen-bond donors (Lipinski definition) is 2. The van der Waals surface area contributed by atoms with E-state index in [1.807, 2.05) is 0 Å². The molecule has 1 saturated carbocycles. The number of nitrogens with one attached hydrogen (secondary N) is 2. The minimum absolute atomic E-state index is 0.0122. The van der Waals surface area contributed by atoms with Crippen molar-refractivity contribution >= 4 is 6.03 Å². The van der Waals surface area contributed by atoms with Gasteiger partial charge in [-0.05, 0) is 12.8 Å². The van der Waals surface area contributed by atoms with Crippen molar-refractivity contribution < 1.29 is 14.3 Å². The highest BCUT2D eigenvalue weighted by Crippen LogP contribution is 2.42. The van der Waals surface area contributed by atoms with Crippen LogP contribution < -0.4 is 10.6 Å². The van der Waals surface area contributed by atoms with Gasteiger partial charge in [-0.15, -0.1) is 0 Å². The van der Waals surface area contributed by atoms with Crippen LogP contribution in [0.1, 0.15) is 26.7 Å². The Labute approximate surface area is 102 Å². The predicted molar refractivity (Wildman–Crippen MR) is 63.9 cm³/mol. The van der Waals surface area contributed by atoms with Crippen LogP contribution in [0.15, 0.2) is 0 Å². The SMILES string of the molecule is COC1CC(NC(=O)NC2CCOC2)C1(C)C. The van der Waals surface area contributed by atoms with Crippen molar-refractivity contribution in [3.8, 4) is 0 Å². The Bertz CT molecular complexity index is 287. The zero-order valence-corrected chi connectivity index (χ0v) is 10.8. The summed E-state index contributed by atoms with van der Waals surface area (Å²) in [6.07, 6.45) is 2.03. The molecule has 2 aliphatic rings. The van der Waals surface area contributed by atoms with Crippen LogP contribution in [0.25, 0.3) is 0 Å². The second-order valence-corrected chi connectivity index (χ2v) is 5.51. The first kappa shape index (κ1) is 12.6. The molecule has 0 aromatic heterocycles. The fourth-order valence-electron chi connectivity index (χ4n) is 2.56. The highest BCUT2D eigenvalue weighted by Gasteiger charge is 2.49. The Morgan fingerprint density at radius 1 is 1.41 bits per heavy atom. The first-order valence-corrected chi connectivity index (χ1v) is 6.21. The first-order chi connectivity index (χ1) is 8.04. The summed E-state index contributed by atoms with van der Waals surface area (Å²) in [5.41, 5.74) is 0.0122. The van der Waals surface area contributed by atoms with Gasteiger partial charge in [-0.3, -0.25) is 0 Å². The normalized spacial score (nSPS) is 35.1. The number of carbonyl (C=O) groups is 1. The standard InChI is InChI=1S/C12H22N2O3/c1-12(2)9(6-10(12)16-3)14-11(15)13-8-4-5-17-7-8/h8-10H,4-7H2,1-3H3,(H2,13,14,15). The third-order valence-corrected chi connectivity index (χ3v) is 4.03. The number of ether oxygens (including phenoxy) is 2. The van der Waals surface area contributed by atoms with E-state index >= 15 is 0 Å². The molecule has 1 aliphatic heterocycles. The van der Waals surface area contributed by atoms with Gasteiger partial charge in [-0.1, -0.05) is 13.8 Å². The number of amides is 2. The van der Waals surface area contributed by atoms with E-state index in [2.05, 4.69) is 24.5 Å². The average molecular weight is 242 g/mol. The van der Waals surface area contributed by atoms with E-state index in [4.69, 9.17) is 9.47 Å². The molecule has 5 heteroatoms. The van der Waals surface area contributed by atoms with Crippen molar-refractivity contribution in [2.24, 2.45) is 5.41 Å². The summed E-state index contributed by atoms with van der Waals surface area (Å²) in [4.78, 5) is 11.8. The Balaban J connectivity index is 1.76. The molecule has 2 rings (SSSR count). The summed E-state index contributed by atoms with van der Waals surface area (Å²) in [6, 6.07) is 0.263. The summed E-state index contributed by atoms with van der Waals surface area (Å²) < 4.78 is 10.6. The molecule has 98 valence electrons. The van der Waals surface area contributed by atoms with Gasteiger partial charge in [0.25, 0.3) is 0 Å². The third-order valence-electron chi connectivity index (χ3n) is 4.03. The van der Waals surface area contributed by atoms with Crippen molar-refractivity contribution in [1.29, 1.82) is 0 Å². The molecule has 1 saturated heterocycles. The number of hydrogen-bond acceptors (Lipinski definition) is 3. The molecular weight excluding hydrogens is 220 g/mol. The van der Waals surface area contributed by atoms with Gasteiger partial charge in [-0.25, -0.2) is 4.79 Å². The number of carbonyl (C=O) groups excluding carboxylic acids is 1. The maximum atomic E-state index is 11.8. The molecule has 1 heterocycles. The van der Waals surface area contributed by atoms with Crippen LogP contribution in [-0.2, 0) is 9.47 Å². The molecule has 2 amide bonds. The van der Waals surface area contributed by atoms with Gasteiger partial charge in [0.2, 0.25) is 0 Å². The Kier molecular flexibility index (Phi) is 3.58. The molecule has 3 atom stereocenters. The lowest BCUT2D eigenvalue weighted by Gasteiger charge is -2.51. The van der Waals surface area contributed by atoms with Gasteiger partial charge in [0.1, 0.15) is 0 Å². The monoisotopic (exact) mass is 242 g/mol. The second-order valence-electron chi connectivity index (χ2n) is 5.51. The molecule has 17 heavy (non-hydrogen) atoms. The predicted octanol–water partition coefficient (Wildman–Crippen LogP) is 0.888. The third kappa shape index (κ3) is 2.55. The molecule has 3 unspecified atom stereocenters. The number of urea groups is 1. The largest absolute Gasteiger partial charge is 0.381 e. The van der Waals surface area contributed by atoms with Crippen molar-refractivity contribution in [2.45, 2.75) is 44.9 Å². The van der Waals surface area contributed by atoms with E-state index in [1.165, 1.54) is 0 Å². The van der Waals surface area contributed by atoms with E-state index < -0.39 is 0 Å². The van der Waals surface area contributed by atoms with Crippen molar-refractivity contribution in [3.63, 3.8) is 0 Å². The highest BCUT2D eigenvalue weighted by atomic mass is 16.5. The number of rotatable bonds is 3. The molecular formula is C12H22N2O3. The lowest BCUT2D eigenvalue weighted by atomic mass is 9.64. The Morgan fingerprint density at radius 2 is 2.18 bits per heavy atom. The fraction of sp³-hybridized carbons (Fsp3) is 0.917. The summed E-state index contributed by atoms with van der Waals surface area (Å²) in [5.74, 6) is 0. The molecule has 0 spiro atoms. The molecule has 1 aliphatic carbocycles. The zero-order valence-electron chi connectivity index (χ0n) is 10.8. The van der Waals surface area contributed by atoms with Crippen molar-refractivity contribution in [2.75, 3.05) is 20.3 Å². The Hall–Kier alpha value is -0.810. The summed E-state index contributed by atoms with van der Waals surface area (Å²) >= 11 is 0. The average Bonchev–Trinajstić information content (AvgIpc) is 2.76. The number of methoxy groups -OCH3 is 1. The molecule has 0 aromatic carbocycles. The van der Waals surface area contributed by atoms with Gasteiger partial charge in [0.15, 0.2) is 0 Å². The maximum absolute atomic E-state index is 11.8. The van der Waals surface area contributed by atoms with Gasteiger partial charge in [0, 0.05) is 25.2 Å². The molecule has 2 fully saturated rings. The first-order valence-electron chi connectivity index (χ1n) is 6.21. The summed E-state index contributed by atoms with van der Waals surface area (Å²) in [5, 5.41) is 5.94. The van der Waals surface area contributed by atoms with Crippen LogP contribution in [0.4, 0.5) is 4.79 Å². The van der Waals surface area contributed by atoms with Crippen LogP contribution in [0.5, 0.6) is 0 Å². The Morgan fingerprint density at radius 3 is 2.71 bits per heavy atom. The van der Waals surface area contributed by atoms with Crippen LogP contribution in [0.2, 0.25) is 0 Å². The topological polar surface area (TPSA) is 59.6 Å². The van der Waals surface area contributed by atoms with Gasteiger partial charge >= 0.3 is 6.03 Å². The molecule has 5 nitrogen and oxygen atoms in total. The molecule has 0 radical (unpaired) electrons. The highest BCUT2D eigenvalue weighted by molar-refractivity contribution is 5.75. The lowest BCUT2D eigenvalue weighted by Crippen LogP contribution is -2.63. The van der Waals surface area contributed by atoms with Gasteiger partial charge < -0.3 is 20.1 Å². The van der Waals surface area contributed by atoms with Crippen molar-refractivity contribution in [3.05, 3.63) is 0 Å². The van der Waals surface area contributed by atoms with E-state index in [9.17, 15) is 4.79 Å². The van der Waals surface area contributed by atoms with E-state index in [0.29, 0.717) is 6.61 Å². The fourth-order valence-corrected chi connectivity index (χ4v) is 2.56. The quantitative estimate of drug-likeness (QED) is 0.772. The van der Waals surface area contributed by atoms with Crippen LogP contribution in [-0.4, -0.2) is 44.5 Å². The smallest absolute Gasteiger partial charge is 0.315 e. The molecule has 0 aromatic rings. The maximum Gasteiger partial charge on any atom is 0.315 e. The summed E-state index contributed by atoms with van der Waals surface area (Å²) in [7, 11) is 1.72. The van der Waals surface area contributed by atoms with Crippen molar-refractivity contribution in [1.82, 2.24) is 10.6 Å². The van der Waals surface area contributed by atoms with Crippen LogP contribution >= 0.6 is 0 Å². The minimum atomic E-state index is -0.0897. The second kappa shape index (κ2) is 4.82. The van der Waals surface area contributed by atoms with E-state index in [-0.39, 0.29) is 29.6 Å². The van der Waals surface area contributed by atoms with Gasteiger partial charge in [-0.2, -0.15) is 0 Å². The van der Waals surface area contributed by atoms with Crippen LogP contribution in [0, 0.1) is 5.41 Å². The lowest BCUT2D eigenvalue weighted by molar-refractivity contribution is -0.0935. The van der Waals surface area contributed by atoms with E-state index in [0.717, 1.165) is 19.4 Å². The van der Waals surface area contributed by atoms with Gasteiger partial charge in [0.05, 0.1) is 18.8 Å². The summed E-state index contributed by atoms with van der Waals surface area (Å²) in [6.45, 7) is 5.61. The zero-order chi connectivity index (χ0) is 12.5. The molecule has 0 bridgehead atoms. The minimum Gasteiger partial charge on any atom is -0.381 e. The van der Waals surface area contributed by atoms with E-state index in [1.54, 1.807) is 7.11 Å². The van der Waals surface area contributed by atoms with Crippen LogP contribution in [0.3, 0.4) is 0 Å².